The summed E-state index contributed by atoms with van der Waals surface area (Å²) in [7, 11) is 0. The van der Waals surface area contributed by atoms with E-state index in [1.165, 1.54) is 15.2 Å². The van der Waals surface area contributed by atoms with Crippen LogP contribution in [0, 0.1) is 0 Å². The quantitative estimate of drug-likeness (QED) is 0.596. The molecule has 3 aromatic rings. The molecule has 8 heteroatoms. The third-order valence-corrected chi connectivity index (χ3v) is 4.71. The second-order valence-electron chi connectivity index (χ2n) is 6.33. The highest BCUT2D eigenvalue weighted by Gasteiger charge is 2.18. The highest BCUT2D eigenvalue weighted by molar-refractivity contribution is 6.33. The van der Waals surface area contributed by atoms with Crippen LogP contribution in [0.25, 0.3) is 16.9 Å². The van der Waals surface area contributed by atoms with Crippen LogP contribution >= 0.6 is 11.6 Å². The Labute approximate surface area is 166 Å². The number of halogens is 1. The van der Waals surface area contributed by atoms with E-state index in [9.17, 15) is 14.7 Å². The monoisotopic (exact) mass is 400 g/mol. The van der Waals surface area contributed by atoms with E-state index in [1.54, 1.807) is 18.3 Å². The van der Waals surface area contributed by atoms with Crippen molar-refractivity contribution in [3.05, 3.63) is 70.4 Å². The van der Waals surface area contributed by atoms with Crippen LogP contribution in [-0.4, -0.2) is 37.6 Å². The van der Waals surface area contributed by atoms with Gasteiger partial charge in [-0.2, -0.15) is 0 Å². The fraction of sp³-hybridized carbons (Fsp3) is 0.250. The highest BCUT2D eigenvalue weighted by atomic mass is 35.5. The summed E-state index contributed by atoms with van der Waals surface area (Å²) in [5.74, 6) is -0.454. The lowest BCUT2D eigenvalue weighted by Crippen LogP contribution is -2.31. The Morgan fingerprint density at radius 3 is 2.82 bits per heavy atom. The summed E-state index contributed by atoms with van der Waals surface area (Å²) in [5.41, 5.74) is 1.15. The molecule has 0 unspecified atom stereocenters. The highest BCUT2D eigenvalue weighted by Crippen LogP contribution is 2.27. The van der Waals surface area contributed by atoms with Gasteiger partial charge in [-0.15, -0.1) is 6.58 Å². The molecule has 0 bridgehead atoms. The summed E-state index contributed by atoms with van der Waals surface area (Å²) in [5, 5.41) is 12.7. The number of imidazole rings is 1. The summed E-state index contributed by atoms with van der Waals surface area (Å²) in [6.45, 7) is 5.92. The van der Waals surface area contributed by atoms with Crippen molar-refractivity contribution >= 4 is 23.2 Å². The molecule has 2 aromatic heterocycles. The fourth-order valence-corrected chi connectivity index (χ4v) is 3.06. The maximum absolute atomic E-state index is 13.0. The maximum atomic E-state index is 13.0. The largest absolute Gasteiger partial charge is 0.391 e. The molecule has 3 rings (SSSR count). The van der Waals surface area contributed by atoms with Crippen LogP contribution < -0.4 is 10.9 Å². The molecule has 0 aliphatic heterocycles. The Morgan fingerprint density at radius 1 is 1.39 bits per heavy atom. The summed E-state index contributed by atoms with van der Waals surface area (Å²) in [6.07, 6.45) is 4.72. The van der Waals surface area contributed by atoms with Crippen LogP contribution in [-0.2, 0) is 6.54 Å². The molecule has 0 aliphatic rings. The van der Waals surface area contributed by atoms with Crippen LogP contribution in [0.15, 0.2) is 54.1 Å². The normalized spacial score (nSPS) is 12.1. The maximum Gasteiger partial charge on any atom is 0.295 e. The molecule has 0 aliphatic carbocycles. The first-order chi connectivity index (χ1) is 13.5. The Morgan fingerprint density at radius 2 is 2.14 bits per heavy atom. The molecule has 0 fully saturated rings. The number of allylic oxidation sites excluding steroid dienone is 1. The second kappa shape index (κ2) is 8.41. The number of carbonyl (C=O) groups is 1. The number of nitrogens with one attached hydrogen (secondary N) is 1. The van der Waals surface area contributed by atoms with Gasteiger partial charge in [-0.25, -0.2) is 4.98 Å². The van der Waals surface area contributed by atoms with Crippen LogP contribution in [0.4, 0.5) is 0 Å². The van der Waals surface area contributed by atoms with Crippen molar-refractivity contribution in [2.45, 2.75) is 26.0 Å². The second-order valence-corrected chi connectivity index (χ2v) is 6.73. The number of hydrogen-bond acceptors (Lipinski definition) is 4. The third-order valence-electron chi connectivity index (χ3n) is 4.38. The molecule has 0 saturated carbocycles. The van der Waals surface area contributed by atoms with Gasteiger partial charge in [-0.3, -0.25) is 18.6 Å². The minimum absolute atomic E-state index is 0.0989. The van der Waals surface area contributed by atoms with Gasteiger partial charge in [0.25, 0.3) is 11.5 Å². The predicted octanol–water partition coefficient (Wildman–Crippen LogP) is 2.50. The molecule has 2 heterocycles. The number of benzene rings is 1. The topological polar surface area (TPSA) is 88.6 Å². The van der Waals surface area contributed by atoms with Gasteiger partial charge >= 0.3 is 0 Å². The van der Waals surface area contributed by atoms with E-state index in [0.717, 1.165) is 0 Å². The Balaban J connectivity index is 2.10. The zero-order chi connectivity index (χ0) is 20.3. The molecule has 1 aromatic carbocycles. The molecule has 1 amide bonds. The van der Waals surface area contributed by atoms with E-state index in [-0.39, 0.29) is 30.0 Å². The van der Waals surface area contributed by atoms with E-state index in [0.29, 0.717) is 22.7 Å². The average Bonchev–Trinajstić information content (AvgIpc) is 3.13. The van der Waals surface area contributed by atoms with Crippen molar-refractivity contribution in [2.75, 3.05) is 6.54 Å². The van der Waals surface area contributed by atoms with Gasteiger partial charge in [0.1, 0.15) is 5.69 Å². The number of nitrogens with zero attached hydrogens (tertiary/aromatic N) is 3. The van der Waals surface area contributed by atoms with Gasteiger partial charge in [-0.1, -0.05) is 42.8 Å². The van der Waals surface area contributed by atoms with Gasteiger partial charge in [0.15, 0.2) is 0 Å². The first kappa shape index (κ1) is 19.9. The predicted molar refractivity (Wildman–Crippen MR) is 109 cm³/mol. The van der Waals surface area contributed by atoms with E-state index < -0.39 is 12.0 Å². The summed E-state index contributed by atoms with van der Waals surface area (Å²) < 4.78 is 3.03. The number of amides is 1. The van der Waals surface area contributed by atoms with E-state index >= 15 is 0 Å². The zero-order valence-electron chi connectivity index (χ0n) is 15.4. The first-order valence-corrected chi connectivity index (χ1v) is 9.28. The number of carbonyl (C=O) groups excluding carboxylic acids is 1. The lowest BCUT2D eigenvalue weighted by molar-refractivity contribution is 0.0909. The molecule has 2 N–H and O–H groups in total. The number of aliphatic hydroxyl groups excluding tert-OH is 1. The summed E-state index contributed by atoms with van der Waals surface area (Å²) >= 11 is 6.32. The molecular weight excluding hydrogens is 380 g/mol. The van der Waals surface area contributed by atoms with Crippen LogP contribution in [0.2, 0.25) is 5.02 Å². The van der Waals surface area contributed by atoms with Crippen molar-refractivity contribution in [3.63, 3.8) is 0 Å². The molecule has 28 heavy (non-hydrogen) atoms. The fourth-order valence-electron chi connectivity index (χ4n) is 2.83. The van der Waals surface area contributed by atoms with Crippen molar-refractivity contribution in [3.8, 4) is 11.3 Å². The van der Waals surface area contributed by atoms with E-state index in [1.807, 2.05) is 25.1 Å². The van der Waals surface area contributed by atoms with Gasteiger partial charge in [0.05, 0.1) is 11.8 Å². The molecular formula is C20H21ClN4O3. The smallest absolute Gasteiger partial charge is 0.295 e. The number of hydrogen-bond donors (Lipinski definition) is 2. The molecule has 0 saturated heterocycles. The minimum Gasteiger partial charge on any atom is -0.391 e. The Bertz CT molecular complexity index is 1090. The standard InChI is InChI=1S/C20H21ClN4O3/c1-3-9-25-17(14-7-5-6-8-15(14)21)12-24-11-16(23-18(24)20(25)28)19(27)22-10-13(26)4-2/h3,5-8,11-13,26H,1,4,9-10H2,2H3,(H,22,27)/t13-/m0/s1. The van der Waals surface area contributed by atoms with Gasteiger partial charge in [-0.05, 0) is 12.5 Å². The molecule has 7 nitrogen and oxygen atoms in total. The van der Waals surface area contributed by atoms with Crippen LogP contribution in [0.3, 0.4) is 0 Å². The molecule has 0 radical (unpaired) electrons. The molecule has 1 atom stereocenters. The Hall–Kier alpha value is -2.90. The van der Waals surface area contributed by atoms with Crippen molar-refractivity contribution in [1.29, 1.82) is 0 Å². The lowest BCUT2D eigenvalue weighted by atomic mass is 10.1. The van der Waals surface area contributed by atoms with Crippen LogP contribution in [0.5, 0.6) is 0 Å². The van der Waals surface area contributed by atoms with Crippen molar-refractivity contribution < 1.29 is 9.90 Å². The SMILES string of the molecule is C=CCn1c(-c2ccccc2Cl)cn2cc(C(=O)NC[C@@H](O)CC)nc2c1=O. The molecule has 146 valence electrons. The number of aromatic nitrogens is 3. The average molecular weight is 401 g/mol. The van der Waals surface area contributed by atoms with Gasteiger partial charge < -0.3 is 10.4 Å². The van der Waals surface area contributed by atoms with Crippen molar-refractivity contribution in [2.24, 2.45) is 0 Å². The van der Waals surface area contributed by atoms with Crippen LogP contribution in [0.1, 0.15) is 23.8 Å². The molecule has 0 spiro atoms. The number of rotatable bonds is 7. The van der Waals surface area contributed by atoms with E-state index in [4.69, 9.17) is 11.6 Å². The lowest BCUT2D eigenvalue weighted by Gasteiger charge is -2.13. The van der Waals surface area contributed by atoms with Gasteiger partial charge in [0, 0.05) is 36.1 Å². The van der Waals surface area contributed by atoms with E-state index in [2.05, 4.69) is 16.9 Å². The minimum atomic E-state index is -0.627. The van der Waals surface area contributed by atoms with Gasteiger partial charge in [0.2, 0.25) is 5.65 Å². The number of fused-ring (bicyclic) bond motifs is 1. The third kappa shape index (κ3) is 3.85. The number of aliphatic hydroxyl groups is 1. The Kier molecular flexibility index (Phi) is 5.96. The van der Waals surface area contributed by atoms with Crippen molar-refractivity contribution in [1.82, 2.24) is 19.3 Å². The summed E-state index contributed by atoms with van der Waals surface area (Å²) in [4.78, 5) is 29.5. The zero-order valence-corrected chi connectivity index (χ0v) is 16.2. The summed E-state index contributed by atoms with van der Waals surface area (Å²) in [6, 6.07) is 7.21. The first-order valence-electron chi connectivity index (χ1n) is 8.90.